The monoisotopic (exact) mass is 391 g/mol. The molecule has 2 N–H and O–H groups in total. The molecule has 0 bridgehead atoms. The van der Waals surface area contributed by atoms with E-state index in [1.54, 1.807) is 11.9 Å². The zero-order chi connectivity index (χ0) is 19.9. The minimum absolute atomic E-state index is 0.0521. The molecule has 154 valence electrons. The molecule has 2 aliphatic carbocycles. The smallest absolute Gasteiger partial charge is 0.323 e. The fraction of sp³-hybridized carbons (Fsp3) is 0.789. The van der Waals surface area contributed by atoms with Crippen LogP contribution in [0.15, 0.2) is 0 Å². The van der Waals surface area contributed by atoms with E-state index in [1.165, 1.54) is 9.80 Å². The van der Waals surface area contributed by atoms with Crippen molar-refractivity contribution < 1.29 is 19.2 Å². The van der Waals surface area contributed by atoms with E-state index in [0.717, 1.165) is 38.5 Å². The van der Waals surface area contributed by atoms with E-state index in [4.69, 9.17) is 0 Å². The number of urea groups is 2. The van der Waals surface area contributed by atoms with Crippen LogP contribution in [0.4, 0.5) is 9.59 Å². The summed E-state index contributed by atoms with van der Waals surface area (Å²) in [6, 6.07) is -0.778. The minimum atomic E-state index is -0.761. The molecule has 2 saturated carbocycles. The van der Waals surface area contributed by atoms with Gasteiger partial charge < -0.3 is 10.6 Å². The van der Waals surface area contributed by atoms with Gasteiger partial charge in [-0.05, 0) is 32.7 Å². The molecular weight excluding hydrogens is 362 g/mol. The Bertz CT molecular complexity index is 638. The summed E-state index contributed by atoms with van der Waals surface area (Å²) in [6.07, 6.45) is 8.58. The lowest BCUT2D eigenvalue weighted by atomic mass is 9.82. The van der Waals surface area contributed by atoms with Crippen LogP contribution in [-0.2, 0) is 9.59 Å². The maximum atomic E-state index is 12.9. The number of rotatable bonds is 4. The molecule has 9 heteroatoms. The van der Waals surface area contributed by atoms with E-state index in [1.807, 2.05) is 0 Å². The Morgan fingerprint density at radius 3 is 1.43 bits per heavy atom. The van der Waals surface area contributed by atoms with Crippen LogP contribution < -0.4 is 10.6 Å². The first-order valence-electron chi connectivity index (χ1n) is 10.3. The molecule has 0 unspecified atom stereocenters. The Morgan fingerprint density at radius 2 is 1.07 bits per heavy atom. The first-order valence-corrected chi connectivity index (χ1v) is 10.3. The fourth-order valence-electron chi connectivity index (χ4n) is 5.13. The molecule has 28 heavy (non-hydrogen) atoms. The topological polar surface area (TPSA) is 102 Å². The average molecular weight is 391 g/mol. The van der Waals surface area contributed by atoms with Crippen molar-refractivity contribution in [2.24, 2.45) is 0 Å². The molecule has 9 nitrogen and oxygen atoms in total. The Morgan fingerprint density at radius 1 is 0.714 bits per heavy atom. The molecule has 2 saturated heterocycles. The first kappa shape index (κ1) is 19.2. The van der Waals surface area contributed by atoms with Gasteiger partial charge in [0.05, 0.1) is 13.3 Å². The Balaban J connectivity index is 1.40. The molecular formula is C19H29N5O4. The average Bonchev–Trinajstić information content (AvgIpc) is 3.03. The SMILES string of the molecule is CN(CN1C(=O)NC2(CCCCC2)C1=O)CN1C(=O)NC2(CCCCC2)C1=O. The molecule has 0 atom stereocenters. The van der Waals surface area contributed by atoms with Crippen molar-refractivity contribution in [3.8, 4) is 0 Å². The number of nitrogens with zero attached hydrogens (tertiary/aromatic N) is 3. The van der Waals surface area contributed by atoms with Crippen LogP contribution in [0.5, 0.6) is 0 Å². The van der Waals surface area contributed by atoms with E-state index in [-0.39, 0.29) is 37.2 Å². The minimum Gasteiger partial charge on any atom is -0.323 e. The molecule has 2 heterocycles. The van der Waals surface area contributed by atoms with E-state index in [0.29, 0.717) is 25.7 Å². The summed E-state index contributed by atoms with van der Waals surface area (Å²) in [5, 5.41) is 5.77. The number of amides is 6. The van der Waals surface area contributed by atoms with E-state index in [2.05, 4.69) is 10.6 Å². The summed E-state index contributed by atoms with van der Waals surface area (Å²) >= 11 is 0. The van der Waals surface area contributed by atoms with Crippen molar-refractivity contribution in [1.82, 2.24) is 25.3 Å². The lowest BCUT2D eigenvalue weighted by Crippen LogP contribution is -2.50. The quantitative estimate of drug-likeness (QED) is 0.704. The van der Waals surface area contributed by atoms with Crippen LogP contribution in [-0.4, -0.2) is 70.0 Å². The summed E-state index contributed by atoms with van der Waals surface area (Å²) in [4.78, 5) is 54.7. The molecule has 2 spiro atoms. The fourth-order valence-corrected chi connectivity index (χ4v) is 5.13. The molecule has 4 rings (SSSR count). The van der Waals surface area contributed by atoms with Crippen LogP contribution in [0.25, 0.3) is 0 Å². The number of carbonyl (C=O) groups excluding carboxylic acids is 4. The van der Waals surface area contributed by atoms with Crippen molar-refractivity contribution in [3.05, 3.63) is 0 Å². The summed E-state index contributed by atoms with van der Waals surface area (Å²) in [5.74, 6) is -0.380. The van der Waals surface area contributed by atoms with Gasteiger partial charge >= 0.3 is 12.1 Å². The zero-order valence-corrected chi connectivity index (χ0v) is 16.5. The van der Waals surface area contributed by atoms with Gasteiger partial charge in [-0.15, -0.1) is 0 Å². The molecule has 2 aliphatic heterocycles. The van der Waals surface area contributed by atoms with Crippen LogP contribution in [0.3, 0.4) is 0 Å². The van der Waals surface area contributed by atoms with Gasteiger partial charge in [0.25, 0.3) is 11.8 Å². The molecule has 4 fully saturated rings. The largest absolute Gasteiger partial charge is 0.326 e. The maximum absolute atomic E-state index is 12.9. The van der Waals surface area contributed by atoms with E-state index < -0.39 is 11.1 Å². The predicted octanol–water partition coefficient (Wildman–Crippen LogP) is 1.34. The molecule has 4 aliphatic rings. The summed E-state index contributed by atoms with van der Waals surface area (Å²) in [6.45, 7) is 0.104. The van der Waals surface area contributed by atoms with Gasteiger partial charge in [-0.2, -0.15) is 0 Å². The maximum Gasteiger partial charge on any atom is 0.326 e. The van der Waals surface area contributed by atoms with Crippen molar-refractivity contribution in [3.63, 3.8) is 0 Å². The number of hydrogen-bond acceptors (Lipinski definition) is 5. The van der Waals surface area contributed by atoms with Gasteiger partial charge in [0, 0.05) is 0 Å². The van der Waals surface area contributed by atoms with Crippen LogP contribution in [0, 0.1) is 0 Å². The van der Waals surface area contributed by atoms with Gasteiger partial charge in [0.15, 0.2) is 0 Å². The molecule has 0 radical (unpaired) electrons. The summed E-state index contributed by atoms with van der Waals surface area (Å²) in [5.41, 5.74) is -1.52. The van der Waals surface area contributed by atoms with Gasteiger partial charge in [0.2, 0.25) is 0 Å². The Hall–Kier alpha value is -2.16. The van der Waals surface area contributed by atoms with Crippen molar-refractivity contribution in [2.75, 3.05) is 20.4 Å². The van der Waals surface area contributed by atoms with Gasteiger partial charge in [-0.25, -0.2) is 19.4 Å². The van der Waals surface area contributed by atoms with Crippen LogP contribution in [0.2, 0.25) is 0 Å². The molecule has 0 aromatic carbocycles. The zero-order valence-electron chi connectivity index (χ0n) is 16.5. The number of hydrogen-bond donors (Lipinski definition) is 2. The predicted molar refractivity (Wildman–Crippen MR) is 99.9 cm³/mol. The van der Waals surface area contributed by atoms with Crippen LogP contribution >= 0.6 is 0 Å². The lowest BCUT2D eigenvalue weighted by Gasteiger charge is -2.32. The van der Waals surface area contributed by atoms with Crippen molar-refractivity contribution >= 4 is 23.9 Å². The second-order valence-corrected chi connectivity index (χ2v) is 8.75. The van der Waals surface area contributed by atoms with Crippen molar-refractivity contribution in [2.45, 2.75) is 75.3 Å². The standard InChI is InChI=1S/C19H29N5O4/c1-22(12-23-14(25)18(20-16(23)27)8-4-2-5-9-18)13-24-15(26)19(21-17(24)28)10-6-3-7-11-19/h2-13H2,1H3,(H,20,27)(H,21,28). The van der Waals surface area contributed by atoms with E-state index in [9.17, 15) is 19.2 Å². The molecule has 0 aromatic heterocycles. The molecule has 0 aromatic rings. The highest BCUT2D eigenvalue weighted by molar-refractivity contribution is 6.07. The third-order valence-corrected chi connectivity index (χ3v) is 6.67. The normalized spacial score (nSPS) is 26.5. The van der Waals surface area contributed by atoms with Gasteiger partial charge in [-0.3, -0.25) is 14.5 Å². The highest BCUT2D eigenvalue weighted by Crippen LogP contribution is 2.35. The second-order valence-electron chi connectivity index (χ2n) is 8.75. The highest BCUT2D eigenvalue weighted by Gasteiger charge is 2.53. The number of imide groups is 2. The first-order chi connectivity index (χ1) is 13.4. The molecule has 6 amide bonds. The summed E-state index contributed by atoms with van der Waals surface area (Å²) in [7, 11) is 1.71. The summed E-state index contributed by atoms with van der Waals surface area (Å²) < 4.78 is 0. The second kappa shape index (κ2) is 7.02. The van der Waals surface area contributed by atoms with Crippen LogP contribution in [0.1, 0.15) is 64.2 Å². The number of carbonyl (C=O) groups is 4. The Labute approximate surface area is 164 Å². The van der Waals surface area contributed by atoms with E-state index >= 15 is 0 Å². The Kier molecular flexibility index (Phi) is 4.81. The van der Waals surface area contributed by atoms with Crippen molar-refractivity contribution in [1.29, 1.82) is 0 Å². The third-order valence-electron chi connectivity index (χ3n) is 6.67. The highest BCUT2D eigenvalue weighted by atomic mass is 16.2. The van der Waals surface area contributed by atoms with Gasteiger partial charge in [-0.1, -0.05) is 38.5 Å². The lowest BCUT2D eigenvalue weighted by molar-refractivity contribution is -0.135. The third kappa shape index (κ3) is 3.05. The number of nitrogens with one attached hydrogen (secondary N) is 2. The van der Waals surface area contributed by atoms with Gasteiger partial charge in [0.1, 0.15) is 11.1 Å².